The third-order valence-electron chi connectivity index (χ3n) is 5.98. The molecular weight excluding hydrogens is 412 g/mol. The Morgan fingerprint density at radius 1 is 0.969 bits per heavy atom. The van der Waals surface area contributed by atoms with Gasteiger partial charge in [-0.3, -0.25) is 9.69 Å². The van der Waals surface area contributed by atoms with Crippen LogP contribution in [0.3, 0.4) is 0 Å². The zero-order chi connectivity index (χ0) is 22.5. The van der Waals surface area contributed by atoms with Crippen molar-refractivity contribution in [2.45, 2.75) is 13.0 Å². The second-order valence-corrected chi connectivity index (χ2v) is 7.82. The summed E-state index contributed by atoms with van der Waals surface area (Å²) in [4.78, 5) is 17.2. The fraction of sp³-hybridized carbons (Fsp3) is 0.458. The first-order valence-electron chi connectivity index (χ1n) is 10.8. The lowest BCUT2D eigenvalue weighted by molar-refractivity contribution is 0.0581. The van der Waals surface area contributed by atoms with Gasteiger partial charge in [0.05, 0.1) is 13.7 Å². The van der Waals surface area contributed by atoms with E-state index in [1.807, 2.05) is 17.0 Å². The molecule has 0 aliphatic carbocycles. The zero-order valence-corrected chi connectivity index (χ0v) is 18.8. The summed E-state index contributed by atoms with van der Waals surface area (Å²) in [6.45, 7) is 6.32. The summed E-state index contributed by atoms with van der Waals surface area (Å²) in [7, 11) is 3.29. The van der Waals surface area contributed by atoms with Crippen LogP contribution in [0.15, 0.2) is 36.4 Å². The summed E-state index contributed by atoms with van der Waals surface area (Å²) in [5, 5.41) is 0. The number of carbonyl (C=O) groups is 1. The molecule has 0 unspecified atom stereocenters. The van der Waals surface area contributed by atoms with Gasteiger partial charge in [0.15, 0.2) is 23.0 Å². The number of rotatable bonds is 8. The minimum Gasteiger partial charge on any atom is -0.493 e. The van der Waals surface area contributed by atoms with Crippen molar-refractivity contribution in [2.75, 3.05) is 60.4 Å². The molecule has 1 atom stereocenters. The monoisotopic (exact) mass is 442 g/mol. The second-order valence-electron chi connectivity index (χ2n) is 7.82. The lowest BCUT2D eigenvalue weighted by atomic mass is 10.0. The summed E-state index contributed by atoms with van der Waals surface area (Å²) in [6.07, 6.45) is 0. The molecule has 2 aromatic carbocycles. The molecule has 0 bridgehead atoms. The molecule has 1 fully saturated rings. The summed E-state index contributed by atoms with van der Waals surface area (Å²) < 4.78 is 27.0. The Morgan fingerprint density at radius 2 is 1.75 bits per heavy atom. The van der Waals surface area contributed by atoms with Gasteiger partial charge in [0.2, 0.25) is 6.79 Å². The number of benzene rings is 2. The summed E-state index contributed by atoms with van der Waals surface area (Å²) in [5.41, 5.74) is 1.78. The normalized spacial score (nSPS) is 16.7. The predicted molar refractivity (Wildman–Crippen MR) is 119 cm³/mol. The topological polar surface area (TPSA) is 69.7 Å². The molecule has 0 radical (unpaired) electrons. The van der Waals surface area contributed by atoms with E-state index in [9.17, 15) is 4.79 Å². The van der Waals surface area contributed by atoms with Gasteiger partial charge in [-0.05, 0) is 42.8 Å². The van der Waals surface area contributed by atoms with Gasteiger partial charge in [-0.1, -0.05) is 6.07 Å². The van der Waals surface area contributed by atoms with Crippen molar-refractivity contribution in [1.82, 2.24) is 9.80 Å². The molecule has 0 N–H and O–H groups in total. The standard InChI is InChI=1S/C24H30N2O6/c1-17(18-4-6-20(22(14-18)29-3)30-13-12-28-2)25-8-10-26(11-9-25)24(27)19-5-7-21-23(15-19)32-16-31-21/h4-7,14-15,17H,8-13,16H2,1-3H3/t17-/m1/s1. The largest absolute Gasteiger partial charge is 0.493 e. The number of methoxy groups -OCH3 is 2. The number of carbonyl (C=O) groups excluding carboxylic acids is 1. The number of fused-ring (bicyclic) bond motifs is 1. The first kappa shape index (κ1) is 22.2. The Labute approximate surface area is 188 Å². The van der Waals surface area contributed by atoms with Crippen LogP contribution in [0.4, 0.5) is 0 Å². The van der Waals surface area contributed by atoms with Crippen LogP contribution in [0.1, 0.15) is 28.9 Å². The highest BCUT2D eigenvalue weighted by molar-refractivity contribution is 5.95. The fourth-order valence-electron chi connectivity index (χ4n) is 4.03. The third kappa shape index (κ3) is 4.76. The molecule has 2 aliphatic rings. The second kappa shape index (κ2) is 10.1. The van der Waals surface area contributed by atoms with Gasteiger partial charge >= 0.3 is 0 Å². The molecule has 0 spiro atoms. The lowest BCUT2D eigenvalue weighted by Crippen LogP contribution is -2.49. The highest BCUT2D eigenvalue weighted by Gasteiger charge is 2.27. The molecule has 8 nitrogen and oxygen atoms in total. The van der Waals surface area contributed by atoms with Crippen LogP contribution in [0, 0.1) is 0 Å². The van der Waals surface area contributed by atoms with E-state index in [1.165, 1.54) is 0 Å². The van der Waals surface area contributed by atoms with Crippen molar-refractivity contribution < 1.29 is 28.5 Å². The van der Waals surface area contributed by atoms with Gasteiger partial charge in [-0.15, -0.1) is 0 Å². The predicted octanol–water partition coefficient (Wildman–Crippen LogP) is 2.97. The molecule has 1 amide bonds. The molecule has 2 aliphatic heterocycles. The molecule has 8 heteroatoms. The van der Waals surface area contributed by atoms with Crippen LogP contribution in [-0.2, 0) is 4.74 Å². The average molecular weight is 443 g/mol. The number of piperazine rings is 1. The quantitative estimate of drug-likeness (QED) is 0.582. The van der Waals surface area contributed by atoms with Crippen LogP contribution in [0.25, 0.3) is 0 Å². The van der Waals surface area contributed by atoms with E-state index in [0.29, 0.717) is 54.9 Å². The minimum absolute atomic E-state index is 0.0230. The fourth-order valence-corrected chi connectivity index (χ4v) is 4.03. The maximum atomic E-state index is 12.9. The van der Waals surface area contributed by atoms with Gasteiger partial charge < -0.3 is 28.6 Å². The minimum atomic E-state index is 0.0230. The van der Waals surface area contributed by atoms with Gasteiger partial charge in [0, 0.05) is 44.9 Å². The smallest absolute Gasteiger partial charge is 0.254 e. The average Bonchev–Trinajstić information content (AvgIpc) is 3.31. The van der Waals surface area contributed by atoms with E-state index in [2.05, 4.69) is 17.9 Å². The van der Waals surface area contributed by atoms with Crippen molar-refractivity contribution in [3.8, 4) is 23.0 Å². The molecule has 2 aromatic rings. The van der Waals surface area contributed by atoms with Crippen molar-refractivity contribution in [2.24, 2.45) is 0 Å². The maximum absolute atomic E-state index is 12.9. The Kier molecular flexibility index (Phi) is 7.02. The van der Waals surface area contributed by atoms with Gasteiger partial charge in [0.25, 0.3) is 5.91 Å². The van der Waals surface area contributed by atoms with E-state index in [-0.39, 0.29) is 18.7 Å². The number of nitrogens with zero attached hydrogens (tertiary/aromatic N) is 2. The third-order valence-corrected chi connectivity index (χ3v) is 5.98. The van der Waals surface area contributed by atoms with E-state index < -0.39 is 0 Å². The molecule has 32 heavy (non-hydrogen) atoms. The van der Waals surface area contributed by atoms with Gasteiger partial charge in [-0.2, -0.15) is 0 Å². The molecule has 1 saturated heterocycles. The van der Waals surface area contributed by atoms with Crippen LogP contribution in [0.5, 0.6) is 23.0 Å². The van der Waals surface area contributed by atoms with Crippen molar-refractivity contribution >= 4 is 5.91 Å². The maximum Gasteiger partial charge on any atom is 0.254 e. The molecule has 172 valence electrons. The number of ether oxygens (including phenoxy) is 5. The van der Waals surface area contributed by atoms with E-state index in [1.54, 1.807) is 32.4 Å². The number of hydrogen-bond acceptors (Lipinski definition) is 7. The zero-order valence-electron chi connectivity index (χ0n) is 18.8. The summed E-state index contributed by atoms with van der Waals surface area (Å²) in [5.74, 6) is 2.76. The molecule has 4 rings (SSSR count). The SMILES string of the molecule is COCCOc1ccc([C@@H](C)N2CCN(C(=O)c3ccc4c(c3)OCO4)CC2)cc1OC. The van der Waals surface area contributed by atoms with Gasteiger partial charge in [0.1, 0.15) is 6.61 Å². The highest BCUT2D eigenvalue weighted by Crippen LogP contribution is 2.34. The Hall–Kier alpha value is -2.97. The lowest BCUT2D eigenvalue weighted by Gasteiger charge is -2.38. The van der Waals surface area contributed by atoms with Crippen LogP contribution < -0.4 is 18.9 Å². The van der Waals surface area contributed by atoms with Crippen LogP contribution >= 0.6 is 0 Å². The Morgan fingerprint density at radius 3 is 2.50 bits per heavy atom. The number of hydrogen-bond donors (Lipinski definition) is 0. The molecular formula is C24H30N2O6. The van der Waals surface area contributed by atoms with Crippen molar-refractivity contribution in [3.05, 3.63) is 47.5 Å². The molecule has 0 saturated carbocycles. The first-order valence-corrected chi connectivity index (χ1v) is 10.8. The summed E-state index contributed by atoms with van der Waals surface area (Å²) >= 11 is 0. The van der Waals surface area contributed by atoms with Crippen LogP contribution in [0.2, 0.25) is 0 Å². The Bertz CT molecular complexity index is 942. The molecule has 0 aromatic heterocycles. The highest BCUT2D eigenvalue weighted by atomic mass is 16.7. The van der Waals surface area contributed by atoms with Crippen LogP contribution in [-0.4, -0.2) is 76.1 Å². The summed E-state index contributed by atoms with van der Waals surface area (Å²) in [6, 6.07) is 11.6. The Balaban J connectivity index is 1.36. The number of amides is 1. The van der Waals surface area contributed by atoms with E-state index in [4.69, 9.17) is 23.7 Å². The van der Waals surface area contributed by atoms with Crippen molar-refractivity contribution in [1.29, 1.82) is 0 Å². The molecule has 2 heterocycles. The van der Waals surface area contributed by atoms with Gasteiger partial charge in [-0.25, -0.2) is 0 Å². The van der Waals surface area contributed by atoms with Crippen molar-refractivity contribution in [3.63, 3.8) is 0 Å². The van der Waals surface area contributed by atoms with E-state index in [0.717, 1.165) is 18.7 Å². The van der Waals surface area contributed by atoms with E-state index >= 15 is 0 Å². The first-order chi connectivity index (χ1) is 15.6.